The van der Waals surface area contributed by atoms with Crippen molar-refractivity contribution >= 4 is 17.5 Å². The topological polar surface area (TPSA) is 89.7 Å². The second kappa shape index (κ2) is 9.15. The van der Waals surface area contributed by atoms with Crippen LogP contribution in [0.2, 0.25) is 0 Å². The number of hydrogen-bond acceptors (Lipinski definition) is 7. The van der Waals surface area contributed by atoms with Gasteiger partial charge < -0.3 is 25.4 Å². The third-order valence-electron chi connectivity index (χ3n) is 2.87. The van der Waals surface area contributed by atoms with Crippen molar-refractivity contribution in [2.75, 3.05) is 58.1 Å². The monoisotopic (exact) mass is 296 g/mol. The molecule has 1 aromatic heterocycles. The number of esters is 1. The molecular weight excluding hydrogens is 272 g/mol. The maximum Gasteiger partial charge on any atom is 0.341 e. The van der Waals surface area contributed by atoms with E-state index in [1.807, 2.05) is 7.05 Å². The lowest BCUT2D eigenvalue weighted by molar-refractivity contribution is 0.0527. The molecule has 0 aliphatic carbocycles. The van der Waals surface area contributed by atoms with Crippen LogP contribution in [0.4, 0.5) is 11.5 Å². The summed E-state index contributed by atoms with van der Waals surface area (Å²) in [6.45, 7) is 5.06. The molecule has 1 rings (SSSR count). The van der Waals surface area contributed by atoms with E-state index >= 15 is 0 Å². The van der Waals surface area contributed by atoms with E-state index in [0.717, 1.165) is 13.1 Å². The Bertz CT molecular complexity index is 454. The molecule has 0 bridgehead atoms. The average Bonchev–Trinajstić information content (AvgIpc) is 2.46. The van der Waals surface area contributed by atoms with Gasteiger partial charge in [-0.15, -0.1) is 0 Å². The van der Waals surface area contributed by atoms with Gasteiger partial charge in [0.05, 0.1) is 25.1 Å². The summed E-state index contributed by atoms with van der Waals surface area (Å²) >= 11 is 0. The average molecular weight is 296 g/mol. The zero-order valence-corrected chi connectivity index (χ0v) is 12.9. The largest absolute Gasteiger partial charge is 0.462 e. The predicted molar refractivity (Wildman–Crippen MR) is 82.5 cm³/mol. The molecule has 0 aromatic carbocycles. The second-order valence-corrected chi connectivity index (χ2v) is 4.61. The van der Waals surface area contributed by atoms with Crippen molar-refractivity contribution in [1.29, 1.82) is 0 Å². The van der Waals surface area contributed by atoms with Gasteiger partial charge in [0.15, 0.2) is 0 Å². The number of likely N-dealkylation sites (N-methyl/N-ethyl adjacent to an activating group) is 1. The quantitative estimate of drug-likeness (QED) is 0.652. The van der Waals surface area contributed by atoms with Crippen molar-refractivity contribution in [3.8, 4) is 0 Å². The molecule has 118 valence electrons. The molecule has 0 amide bonds. The zero-order valence-electron chi connectivity index (χ0n) is 12.9. The second-order valence-electron chi connectivity index (χ2n) is 4.61. The number of nitrogens with one attached hydrogen (secondary N) is 1. The number of aromatic nitrogens is 1. The molecular formula is C14H24N4O3. The minimum absolute atomic E-state index is 0.312. The Kier molecular flexibility index (Phi) is 7.49. The van der Waals surface area contributed by atoms with Crippen LogP contribution in [0.15, 0.2) is 12.3 Å². The molecule has 7 nitrogen and oxygen atoms in total. The first-order valence-corrected chi connectivity index (χ1v) is 6.92. The Balaban J connectivity index is 2.60. The predicted octanol–water partition coefficient (Wildman–Crippen LogP) is 0.831. The fraction of sp³-hybridized carbons (Fsp3) is 0.571. The number of nitrogen functional groups attached to an aromatic ring is 1. The Morgan fingerprint density at radius 3 is 2.90 bits per heavy atom. The van der Waals surface area contributed by atoms with E-state index in [-0.39, 0.29) is 0 Å². The van der Waals surface area contributed by atoms with E-state index in [0.29, 0.717) is 36.8 Å². The van der Waals surface area contributed by atoms with Crippen LogP contribution in [-0.4, -0.2) is 62.9 Å². The van der Waals surface area contributed by atoms with Crippen LogP contribution < -0.4 is 11.1 Å². The van der Waals surface area contributed by atoms with Gasteiger partial charge in [0.25, 0.3) is 0 Å². The number of nitrogens with zero attached hydrogens (tertiary/aromatic N) is 2. The van der Waals surface area contributed by atoms with Gasteiger partial charge in [0, 0.05) is 26.7 Å². The van der Waals surface area contributed by atoms with Crippen LogP contribution >= 0.6 is 0 Å². The third-order valence-corrected chi connectivity index (χ3v) is 2.87. The number of carbonyl (C=O) groups excluding carboxylic acids is 1. The Morgan fingerprint density at radius 2 is 2.24 bits per heavy atom. The summed E-state index contributed by atoms with van der Waals surface area (Å²) in [5.41, 5.74) is 6.46. The molecule has 0 aliphatic heterocycles. The highest BCUT2D eigenvalue weighted by atomic mass is 16.5. The normalized spacial score (nSPS) is 10.7. The first-order chi connectivity index (χ1) is 10.1. The summed E-state index contributed by atoms with van der Waals surface area (Å²) in [4.78, 5) is 18.2. The van der Waals surface area contributed by atoms with Crippen molar-refractivity contribution in [2.45, 2.75) is 6.92 Å². The molecule has 21 heavy (non-hydrogen) atoms. The summed E-state index contributed by atoms with van der Waals surface area (Å²) in [6.07, 6.45) is 1.51. The molecule has 0 fully saturated rings. The third kappa shape index (κ3) is 5.97. The van der Waals surface area contributed by atoms with Gasteiger partial charge in [-0.3, -0.25) is 0 Å². The van der Waals surface area contributed by atoms with Crippen molar-refractivity contribution in [1.82, 2.24) is 9.88 Å². The molecule has 3 N–H and O–H groups in total. The molecule has 0 saturated carbocycles. The van der Waals surface area contributed by atoms with Gasteiger partial charge >= 0.3 is 5.97 Å². The number of nitrogens with two attached hydrogens (primary N) is 1. The van der Waals surface area contributed by atoms with Gasteiger partial charge in [-0.25, -0.2) is 9.78 Å². The van der Waals surface area contributed by atoms with E-state index in [9.17, 15) is 4.79 Å². The summed E-state index contributed by atoms with van der Waals surface area (Å²) in [5, 5.41) is 3.14. The SMILES string of the molecule is CCOC(=O)c1cc(N)cnc1NCCN(C)CCOC. The standard InChI is InChI=1S/C14H24N4O3/c1-4-21-14(19)12-9-11(15)10-17-13(12)16-5-6-18(2)7-8-20-3/h9-10H,4-8,15H2,1-3H3,(H,16,17). The van der Waals surface area contributed by atoms with Crippen LogP contribution in [0.1, 0.15) is 17.3 Å². The summed E-state index contributed by atoms with van der Waals surface area (Å²) in [5.74, 6) is 0.0651. The Morgan fingerprint density at radius 1 is 1.48 bits per heavy atom. The molecule has 0 aliphatic rings. The zero-order chi connectivity index (χ0) is 15.7. The Labute approximate surface area is 125 Å². The van der Waals surface area contributed by atoms with Crippen LogP contribution in [-0.2, 0) is 9.47 Å². The van der Waals surface area contributed by atoms with E-state index in [1.54, 1.807) is 20.1 Å². The van der Waals surface area contributed by atoms with E-state index in [4.69, 9.17) is 15.2 Å². The fourth-order valence-corrected chi connectivity index (χ4v) is 1.71. The number of pyridine rings is 1. The number of rotatable bonds is 9. The molecule has 0 saturated heterocycles. The van der Waals surface area contributed by atoms with Crippen molar-refractivity contribution in [3.05, 3.63) is 17.8 Å². The molecule has 0 unspecified atom stereocenters. The summed E-state index contributed by atoms with van der Waals surface area (Å²) < 4.78 is 10.0. The number of anilines is 2. The molecule has 7 heteroatoms. The number of methoxy groups -OCH3 is 1. The lowest BCUT2D eigenvalue weighted by Gasteiger charge is -2.17. The van der Waals surface area contributed by atoms with Crippen LogP contribution in [0.3, 0.4) is 0 Å². The van der Waals surface area contributed by atoms with Crippen molar-refractivity contribution < 1.29 is 14.3 Å². The van der Waals surface area contributed by atoms with Crippen LogP contribution in [0.5, 0.6) is 0 Å². The molecule has 0 atom stereocenters. The minimum Gasteiger partial charge on any atom is -0.462 e. The van der Waals surface area contributed by atoms with Gasteiger partial charge in [-0.2, -0.15) is 0 Å². The van der Waals surface area contributed by atoms with Crippen LogP contribution in [0, 0.1) is 0 Å². The number of carbonyl (C=O) groups is 1. The lowest BCUT2D eigenvalue weighted by Crippen LogP contribution is -2.28. The van der Waals surface area contributed by atoms with Crippen molar-refractivity contribution in [3.63, 3.8) is 0 Å². The van der Waals surface area contributed by atoms with E-state index in [1.165, 1.54) is 6.20 Å². The Hall–Kier alpha value is -1.86. The summed E-state index contributed by atoms with van der Waals surface area (Å²) in [7, 11) is 3.68. The van der Waals surface area contributed by atoms with Gasteiger partial charge in [-0.1, -0.05) is 0 Å². The molecule has 1 aromatic rings. The highest BCUT2D eigenvalue weighted by Gasteiger charge is 2.14. The molecule has 0 spiro atoms. The first-order valence-electron chi connectivity index (χ1n) is 6.92. The fourth-order valence-electron chi connectivity index (χ4n) is 1.71. The van der Waals surface area contributed by atoms with Gasteiger partial charge in [0.2, 0.25) is 0 Å². The smallest absolute Gasteiger partial charge is 0.341 e. The van der Waals surface area contributed by atoms with Crippen molar-refractivity contribution in [2.24, 2.45) is 0 Å². The molecule has 1 heterocycles. The number of hydrogen-bond donors (Lipinski definition) is 2. The van der Waals surface area contributed by atoms with E-state index < -0.39 is 5.97 Å². The maximum absolute atomic E-state index is 11.9. The van der Waals surface area contributed by atoms with E-state index in [2.05, 4.69) is 15.2 Å². The van der Waals surface area contributed by atoms with Crippen LogP contribution in [0.25, 0.3) is 0 Å². The highest BCUT2D eigenvalue weighted by molar-refractivity contribution is 5.95. The lowest BCUT2D eigenvalue weighted by atomic mass is 10.2. The highest BCUT2D eigenvalue weighted by Crippen LogP contribution is 2.16. The van der Waals surface area contributed by atoms with Gasteiger partial charge in [0.1, 0.15) is 11.4 Å². The minimum atomic E-state index is -0.424. The number of ether oxygens (including phenoxy) is 2. The molecule has 0 radical (unpaired) electrons. The van der Waals surface area contributed by atoms with Gasteiger partial charge in [-0.05, 0) is 20.0 Å². The maximum atomic E-state index is 11.9. The first kappa shape index (κ1) is 17.2. The summed E-state index contributed by atoms with van der Waals surface area (Å²) in [6, 6.07) is 1.57.